The molecule has 1 aromatic carbocycles. The van der Waals surface area contributed by atoms with Gasteiger partial charge < -0.3 is 10.2 Å². The molecule has 2 unspecified atom stereocenters. The predicted octanol–water partition coefficient (Wildman–Crippen LogP) is 2.91. The number of likely N-dealkylation sites (tertiary alicyclic amines) is 1. The first kappa shape index (κ1) is 25.0. The summed E-state index contributed by atoms with van der Waals surface area (Å²) in [5, 5.41) is 2.39. The van der Waals surface area contributed by atoms with Crippen LogP contribution in [0.1, 0.15) is 56.1 Å². The van der Waals surface area contributed by atoms with E-state index >= 15 is 0 Å². The molecule has 2 atom stereocenters. The van der Waals surface area contributed by atoms with E-state index in [1.54, 1.807) is 4.90 Å². The summed E-state index contributed by atoms with van der Waals surface area (Å²) in [5.41, 5.74) is -0.225. The molecule has 1 saturated carbocycles. The van der Waals surface area contributed by atoms with Crippen molar-refractivity contribution in [1.82, 2.24) is 14.5 Å². The normalized spacial score (nSPS) is 24.6. The number of hydrogen-bond donors (Lipinski definition) is 1. The average molecular weight is 502 g/mol. The Labute approximate surface area is 197 Å². The van der Waals surface area contributed by atoms with Crippen molar-refractivity contribution in [3.05, 3.63) is 35.4 Å². The smallest absolute Gasteiger partial charge is 0.350 e. The standard InChI is InChI=1S/C23H30F3N3O4S/c24-23(25,26)18-10-8-16(9-11-18)14-27-21(30)20-7-3-13-29(20)22(31)17-4-2-12-28(15-17)34(32,33)19-5-1-6-19/h8-11,17,19-20H,1-7,12-15H2,(H,27,30). The van der Waals surface area contributed by atoms with Crippen LogP contribution in [-0.4, -0.2) is 60.4 Å². The molecular weight excluding hydrogens is 471 g/mol. The molecular formula is C23H30F3N3O4S. The summed E-state index contributed by atoms with van der Waals surface area (Å²) in [6.07, 6.45) is 0.209. The van der Waals surface area contributed by atoms with Crippen LogP contribution in [0.15, 0.2) is 24.3 Å². The monoisotopic (exact) mass is 501 g/mol. The van der Waals surface area contributed by atoms with Crippen molar-refractivity contribution >= 4 is 21.8 Å². The summed E-state index contributed by atoms with van der Waals surface area (Å²) in [6.45, 7) is 1.09. The lowest BCUT2D eigenvalue weighted by Crippen LogP contribution is -2.52. The second kappa shape index (κ2) is 9.85. The fourth-order valence-corrected chi connectivity index (χ4v) is 7.03. The third kappa shape index (κ3) is 5.25. The molecule has 4 rings (SSSR count). The van der Waals surface area contributed by atoms with Crippen molar-refractivity contribution in [2.24, 2.45) is 5.92 Å². The van der Waals surface area contributed by atoms with E-state index in [9.17, 15) is 31.2 Å². The number of amides is 2. The number of alkyl halides is 3. The molecule has 3 aliphatic rings. The van der Waals surface area contributed by atoms with Crippen LogP contribution in [0.25, 0.3) is 0 Å². The Morgan fingerprint density at radius 1 is 0.971 bits per heavy atom. The van der Waals surface area contributed by atoms with E-state index in [2.05, 4.69) is 5.32 Å². The van der Waals surface area contributed by atoms with Gasteiger partial charge in [0.1, 0.15) is 6.04 Å². The molecule has 1 aromatic rings. The molecule has 11 heteroatoms. The number of benzene rings is 1. The van der Waals surface area contributed by atoms with Crippen molar-refractivity contribution < 1.29 is 31.2 Å². The fraction of sp³-hybridized carbons (Fsp3) is 0.652. The number of nitrogens with one attached hydrogen (secondary N) is 1. The molecule has 0 aromatic heterocycles. The zero-order valence-electron chi connectivity index (χ0n) is 18.9. The minimum absolute atomic E-state index is 0.0618. The Morgan fingerprint density at radius 2 is 1.65 bits per heavy atom. The van der Waals surface area contributed by atoms with Crippen LogP contribution in [-0.2, 0) is 32.3 Å². The second-order valence-electron chi connectivity index (χ2n) is 9.40. The maximum atomic E-state index is 13.3. The molecule has 2 amide bonds. The van der Waals surface area contributed by atoms with Gasteiger partial charge in [0.2, 0.25) is 21.8 Å². The van der Waals surface area contributed by atoms with Crippen LogP contribution in [0, 0.1) is 5.92 Å². The molecule has 1 aliphatic carbocycles. The number of hydrogen-bond acceptors (Lipinski definition) is 4. The highest BCUT2D eigenvalue weighted by atomic mass is 32.2. The first-order chi connectivity index (χ1) is 16.1. The lowest BCUT2D eigenvalue weighted by atomic mass is 9.97. The van der Waals surface area contributed by atoms with Crippen molar-refractivity contribution in [2.75, 3.05) is 19.6 Å². The topological polar surface area (TPSA) is 86.8 Å². The van der Waals surface area contributed by atoms with Gasteiger partial charge >= 0.3 is 6.18 Å². The minimum atomic E-state index is -4.42. The van der Waals surface area contributed by atoms with E-state index < -0.39 is 33.7 Å². The molecule has 188 valence electrons. The van der Waals surface area contributed by atoms with E-state index in [1.165, 1.54) is 16.4 Å². The summed E-state index contributed by atoms with van der Waals surface area (Å²) in [4.78, 5) is 27.6. The van der Waals surface area contributed by atoms with Crippen LogP contribution >= 0.6 is 0 Å². The number of rotatable bonds is 6. The molecule has 2 heterocycles. The molecule has 7 nitrogen and oxygen atoms in total. The number of halogens is 3. The van der Waals surface area contributed by atoms with Crippen LogP contribution in [0.3, 0.4) is 0 Å². The average Bonchev–Trinajstić information content (AvgIpc) is 3.25. The largest absolute Gasteiger partial charge is 0.416 e. The maximum absolute atomic E-state index is 13.3. The summed E-state index contributed by atoms with van der Waals surface area (Å²) in [6, 6.07) is 3.93. The van der Waals surface area contributed by atoms with Gasteiger partial charge in [-0.3, -0.25) is 9.59 Å². The summed E-state index contributed by atoms with van der Waals surface area (Å²) in [5.74, 6) is -1.01. The Hall–Kier alpha value is -2.14. The lowest BCUT2D eigenvalue weighted by molar-refractivity contribution is -0.142. The highest BCUT2D eigenvalue weighted by Crippen LogP contribution is 2.32. The highest BCUT2D eigenvalue weighted by Gasteiger charge is 2.42. The summed E-state index contributed by atoms with van der Waals surface area (Å²) in [7, 11) is -3.38. The van der Waals surface area contributed by atoms with Gasteiger partial charge in [-0.05, 0) is 56.2 Å². The molecule has 1 N–H and O–H groups in total. The fourth-order valence-electron chi connectivity index (χ4n) is 4.91. The minimum Gasteiger partial charge on any atom is -0.350 e. The van der Waals surface area contributed by atoms with Crippen molar-refractivity contribution in [3.8, 4) is 0 Å². The number of carbonyl (C=O) groups is 2. The van der Waals surface area contributed by atoms with Gasteiger partial charge in [0.25, 0.3) is 0 Å². The van der Waals surface area contributed by atoms with Crippen molar-refractivity contribution in [3.63, 3.8) is 0 Å². The van der Waals surface area contributed by atoms with Crippen LogP contribution < -0.4 is 5.32 Å². The Bertz CT molecular complexity index is 1010. The Kier molecular flexibility index (Phi) is 7.23. The zero-order chi connectivity index (χ0) is 24.5. The Morgan fingerprint density at radius 3 is 2.26 bits per heavy atom. The van der Waals surface area contributed by atoms with Gasteiger partial charge in [0.15, 0.2) is 0 Å². The molecule has 34 heavy (non-hydrogen) atoms. The van der Waals surface area contributed by atoms with Gasteiger partial charge in [-0.25, -0.2) is 12.7 Å². The molecule has 0 radical (unpaired) electrons. The van der Waals surface area contributed by atoms with Crippen molar-refractivity contribution in [1.29, 1.82) is 0 Å². The highest BCUT2D eigenvalue weighted by molar-refractivity contribution is 7.89. The third-order valence-corrected chi connectivity index (χ3v) is 9.52. The second-order valence-corrected chi connectivity index (χ2v) is 11.6. The number of carbonyl (C=O) groups excluding carboxylic acids is 2. The summed E-state index contributed by atoms with van der Waals surface area (Å²) < 4.78 is 65.2. The van der Waals surface area contributed by atoms with Crippen LogP contribution in [0.5, 0.6) is 0 Å². The SMILES string of the molecule is O=C(NCc1ccc(C(F)(F)F)cc1)C1CCCN1C(=O)C1CCCN(S(=O)(=O)C2CCC2)C1. The molecule has 2 aliphatic heterocycles. The van der Waals surface area contributed by atoms with E-state index in [0.717, 1.165) is 18.6 Å². The van der Waals surface area contributed by atoms with Gasteiger partial charge in [-0.2, -0.15) is 13.2 Å². The third-order valence-electron chi connectivity index (χ3n) is 7.15. The first-order valence-corrected chi connectivity index (χ1v) is 13.3. The van der Waals surface area contributed by atoms with Crippen LogP contribution in [0.2, 0.25) is 0 Å². The van der Waals surface area contributed by atoms with E-state index in [-0.39, 0.29) is 30.2 Å². The van der Waals surface area contributed by atoms with Gasteiger partial charge in [0, 0.05) is 26.2 Å². The molecule has 0 bridgehead atoms. The number of sulfonamides is 1. The molecule has 2 saturated heterocycles. The first-order valence-electron chi connectivity index (χ1n) is 11.8. The van der Waals surface area contributed by atoms with Gasteiger partial charge in [-0.1, -0.05) is 18.6 Å². The zero-order valence-corrected chi connectivity index (χ0v) is 19.7. The van der Waals surface area contributed by atoms with Gasteiger partial charge in [0.05, 0.1) is 16.7 Å². The van der Waals surface area contributed by atoms with Gasteiger partial charge in [-0.15, -0.1) is 0 Å². The summed E-state index contributed by atoms with van der Waals surface area (Å²) >= 11 is 0. The van der Waals surface area contributed by atoms with Crippen LogP contribution in [0.4, 0.5) is 13.2 Å². The number of nitrogens with zero attached hydrogens (tertiary/aromatic N) is 2. The lowest BCUT2D eigenvalue weighted by Gasteiger charge is -2.38. The van der Waals surface area contributed by atoms with E-state index in [0.29, 0.717) is 57.2 Å². The maximum Gasteiger partial charge on any atom is 0.416 e. The number of piperidine rings is 1. The Balaban J connectivity index is 1.34. The predicted molar refractivity (Wildman–Crippen MR) is 119 cm³/mol. The molecule has 3 fully saturated rings. The quantitative estimate of drug-likeness (QED) is 0.650. The van der Waals surface area contributed by atoms with Crippen molar-refractivity contribution in [2.45, 2.75) is 69.0 Å². The molecule has 0 spiro atoms. The van der Waals surface area contributed by atoms with E-state index in [4.69, 9.17) is 0 Å². The van der Waals surface area contributed by atoms with E-state index in [1.807, 2.05) is 0 Å².